The third kappa shape index (κ3) is 5.35. The summed E-state index contributed by atoms with van der Waals surface area (Å²) in [6.07, 6.45) is 7.66. The Morgan fingerprint density at radius 2 is 1.79 bits per heavy atom. The molecule has 1 aromatic carbocycles. The fourth-order valence-corrected chi connectivity index (χ4v) is 8.63. The molecule has 2 heterocycles. The van der Waals surface area contributed by atoms with Crippen molar-refractivity contribution in [1.29, 1.82) is 0 Å². The van der Waals surface area contributed by atoms with Gasteiger partial charge in [0.1, 0.15) is 11.7 Å². The van der Waals surface area contributed by atoms with Crippen LogP contribution in [0.4, 0.5) is 8.78 Å². The van der Waals surface area contributed by atoms with Crippen molar-refractivity contribution in [1.82, 2.24) is 9.21 Å². The van der Waals surface area contributed by atoms with E-state index in [0.29, 0.717) is 54.8 Å². The Labute approximate surface area is 227 Å². The van der Waals surface area contributed by atoms with Crippen LogP contribution >= 0.6 is 11.6 Å². The summed E-state index contributed by atoms with van der Waals surface area (Å²) in [5.41, 5.74) is 0.165. The molecule has 1 N–H and O–H groups in total. The number of likely N-dealkylation sites (tertiary alicyclic amines) is 1. The summed E-state index contributed by atoms with van der Waals surface area (Å²) in [6, 6.07) is 5.04. The minimum Gasteiger partial charge on any atom is -0.394 e. The van der Waals surface area contributed by atoms with E-state index in [1.165, 1.54) is 16.5 Å². The van der Waals surface area contributed by atoms with Gasteiger partial charge >= 0.3 is 0 Å². The SMILES string of the molecule is O=C(N1CCC[C@H]1CO)C1([C@H]2CCC[C@@H](C3=CC(F)=CC(F)=CC3)N2S(=O)(=O)Cc2ccc(Cl)cc2)CC1. The fourth-order valence-electron chi connectivity index (χ4n) is 6.42. The van der Waals surface area contributed by atoms with Gasteiger partial charge in [-0.2, -0.15) is 4.31 Å². The number of amides is 1. The van der Waals surface area contributed by atoms with E-state index in [1.54, 1.807) is 29.2 Å². The van der Waals surface area contributed by atoms with Crippen LogP contribution in [0.15, 0.2) is 59.7 Å². The smallest absolute Gasteiger partial charge is 0.230 e. The molecule has 206 valence electrons. The summed E-state index contributed by atoms with van der Waals surface area (Å²) in [4.78, 5) is 15.7. The molecule has 1 aromatic rings. The lowest BCUT2D eigenvalue weighted by molar-refractivity contribution is -0.141. The summed E-state index contributed by atoms with van der Waals surface area (Å²) in [7, 11) is -3.99. The number of aliphatic hydroxyl groups is 1. The van der Waals surface area contributed by atoms with Gasteiger partial charge in [-0.15, -0.1) is 0 Å². The fraction of sp³-hybridized carbons (Fsp3) is 0.536. The molecule has 0 radical (unpaired) electrons. The van der Waals surface area contributed by atoms with Gasteiger partial charge in [-0.1, -0.05) is 23.7 Å². The van der Waals surface area contributed by atoms with Crippen molar-refractivity contribution < 1.29 is 27.1 Å². The van der Waals surface area contributed by atoms with Crippen molar-refractivity contribution in [2.75, 3.05) is 13.2 Å². The largest absolute Gasteiger partial charge is 0.394 e. The minimum absolute atomic E-state index is 0.0831. The lowest BCUT2D eigenvalue weighted by Crippen LogP contribution is -2.58. The molecule has 0 unspecified atom stereocenters. The highest BCUT2D eigenvalue weighted by atomic mass is 35.5. The number of piperidine rings is 1. The second-order valence-corrected chi connectivity index (χ2v) is 13.2. The molecule has 3 atom stereocenters. The number of benzene rings is 1. The summed E-state index contributed by atoms with van der Waals surface area (Å²) in [5, 5.41) is 10.3. The lowest BCUT2D eigenvalue weighted by atomic mass is 9.83. The van der Waals surface area contributed by atoms with Crippen LogP contribution in [-0.4, -0.2) is 59.9 Å². The van der Waals surface area contributed by atoms with E-state index in [1.807, 2.05) is 0 Å². The quantitative estimate of drug-likeness (QED) is 0.492. The molecule has 0 bridgehead atoms. The van der Waals surface area contributed by atoms with Crippen LogP contribution in [0, 0.1) is 5.41 Å². The van der Waals surface area contributed by atoms with Crippen molar-refractivity contribution >= 4 is 27.5 Å². The Balaban J connectivity index is 1.54. The highest BCUT2D eigenvalue weighted by molar-refractivity contribution is 7.88. The first-order valence-corrected chi connectivity index (χ1v) is 15.2. The van der Waals surface area contributed by atoms with Crippen LogP contribution in [0.3, 0.4) is 0 Å². The number of nitrogens with zero attached hydrogens (tertiary/aromatic N) is 2. The predicted molar refractivity (Wildman–Crippen MR) is 142 cm³/mol. The number of hydrogen-bond donors (Lipinski definition) is 1. The maximum atomic E-state index is 14.5. The molecule has 0 aromatic heterocycles. The van der Waals surface area contributed by atoms with E-state index in [4.69, 9.17) is 11.6 Å². The van der Waals surface area contributed by atoms with Crippen LogP contribution in [0.2, 0.25) is 5.02 Å². The van der Waals surface area contributed by atoms with E-state index in [2.05, 4.69) is 0 Å². The Hall–Kier alpha value is -2.07. The second-order valence-electron chi connectivity index (χ2n) is 10.9. The van der Waals surface area contributed by atoms with Gasteiger partial charge in [0, 0.05) is 29.7 Å². The van der Waals surface area contributed by atoms with E-state index in [9.17, 15) is 27.1 Å². The van der Waals surface area contributed by atoms with Gasteiger partial charge in [0.25, 0.3) is 0 Å². The standard InChI is InChI=1S/C28H33ClF2N2O4S/c29-21-9-6-19(7-10-21)18-38(36,37)33-25(20-8-11-22(30)16-23(31)15-20)4-1-5-26(33)28(12-13-28)27(35)32-14-2-3-24(32)17-34/h6-7,9-11,15-16,24-26,34H,1-5,8,12-14,17-18H2/t24-,25-,26+/m0/s1. The van der Waals surface area contributed by atoms with Crippen LogP contribution in [-0.2, 0) is 20.6 Å². The van der Waals surface area contributed by atoms with Gasteiger partial charge in [-0.3, -0.25) is 4.79 Å². The third-order valence-electron chi connectivity index (χ3n) is 8.41. The molecule has 0 spiro atoms. The molecule has 1 amide bonds. The highest BCUT2D eigenvalue weighted by Gasteiger charge is 2.62. The van der Waals surface area contributed by atoms with Crippen LogP contribution in [0.5, 0.6) is 0 Å². The Bertz CT molecular complexity index is 1270. The molecular formula is C28H33ClF2N2O4S. The van der Waals surface area contributed by atoms with E-state index >= 15 is 0 Å². The van der Waals surface area contributed by atoms with E-state index in [-0.39, 0.29) is 30.7 Å². The number of carbonyl (C=O) groups excluding carboxylic acids is 1. The van der Waals surface area contributed by atoms with Gasteiger partial charge in [0.05, 0.1) is 23.8 Å². The first-order chi connectivity index (χ1) is 18.1. The van der Waals surface area contributed by atoms with Gasteiger partial charge in [-0.05, 0) is 86.8 Å². The van der Waals surface area contributed by atoms with Crippen molar-refractivity contribution in [2.24, 2.45) is 5.41 Å². The summed E-state index contributed by atoms with van der Waals surface area (Å²) < 4.78 is 58.3. The summed E-state index contributed by atoms with van der Waals surface area (Å²) in [5.74, 6) is -1.85. The Kier molecular flexibility index (Phi) is 7.84. The molecule has 10 heteroatoms. The Morgan fingerprint density at radius 3 is 2.47 bits per heavy atom. The number of halogens is 3. The number of allylic oxidation sites excluding steroid dienone is 5. The monoisotopic (exact) mass is 566 g/mol. The van der Waals surface area contributed by atoms with Crippen molar-refractivity contribution in [3.8, 4) is 0 Å². The van der Waals surface area contributed by atoms with Crippen LogP contribution < -0.4 is 0 Å². The average Bonchev–Trinajstić information content (AvgIpc) is 3.60. The molecule has 5 rings (SSSR count). The summed E-state index contributed by atoms with van der Waals surface area (Å²) >= 11 is 6.01. The van der Waals surface area contributed by atoms with E-state index in [0.717, 1.165) is 18.9 Å². The minimum atomic E-state index is -3.99. The van der Waals surface area contributed by atoms with Gasteiger partial charge < -0.3 is 10.0 Å². The third-order valence-corrected chi connectivity index (χ3v) is 10.5. The number of rotatable bonds is 7. The second kappa shape index (κ2) is 10.8. The summed E-state index contributed by atoms with van der Waals surface area (Å²) in [6.45, 7) is 0.425. The average molecular weight is 567 g/mol. The zero-order valence-corrected chi connectivity index (χ0v) is 22.7. The molecule has 6 nitrogen and oxygen atoms in total. The topological polar surface area (TPSA) is 77.9 Å². The maximum absolute atomic E-state index is 14.5. The molecule has 2 aliphatic carbocycles. The first kappa shape index (κ1) is 27.5. The molecule has 3 fully saturated rings. The number of aliphatic hydroxyl groups excluding tert-OH is 1. The van der Waals surface area contributed by atoms with E-state index < -0.39 is 39.2 Å². The maximum Gasteiger partial charge on any atom is 0.230 e. The van der Waals surface area contributed by atoms with Crippen molar-refractivity contribution in [2.45, 2.75) is 75.2 Å². The lowest BCUT2D eigenvalue weighted by Gasteiger charge is -2.46. The molecular weight excluding hydrogens is 534 g/mol. The van der Waals surface area contributed by atoms with Crippen molar-refractivity contribution in [3.05, 3.63) is 70.3 Å². The van der Waals surface area contributed by atoms with Crippen molar-refractivity contribution in [3.63, 3.8) is 0 Å². The highest BCUT2D eigenvalue weighted by Crippen LogP contribution is 2.56. The normalized spacial score (nSPS) is 27.8. The van der Waals surface area contributed by atoms with Crippen LogP contribution in [0.1, 0.15) is 56.9 Å². The number of hydrogen-bond acceptors (Lipinski definition) is 4. The molecule has 2 aliphatic heterocycles. The molecule has 2 saturated heterocycles. The zero-order valence-electron chi connectivity index (χ0n) is 21.2. The number of sulfonamides is 1. The van der Waals surface area contributed by atoms with Gasteiger partial charge in [0.2, 0.25) is 15.9 Å². The molecule has 4 aliphatic rings. The zero-order chi connectivity index (χ0) is 27.1. The van der Waals surface area contributed by atoms with Gasteiger partial charge in [-0.25, -0.2) is 17.2 Å². The first-order valence-electron chi connectivity index (χ1n) is 13.3. The number of carbonyl (C=O) groups is 1. The predicted octanol–water partition coefficient (Wildman–Crippen LogP) is 5.19. The Morgan fingerprint density at radius 1 is 1.05 bits per heavy atom. The molecule has 1 saturated carbocycles. The van der Waals surface area contributed by atoms with Crippen LogP contribution in [0.25, 0.3) is 0 Å². The molecule has 38 heavy (non-hydrogen) atoms. The van der Waals surface area contributed by atoms with Gasteiger partial charge in [0.15, 0.2) is 0 Å².